The van der Waals surface area contributed by atoms with Gasteiger partial charge in [-0.15, -0.1) is 0 Å². The number of pyridine rings is 1. The lowest BCUT2D eigenvalue weighted by atomic mass is 10.1. The normalized spacial score (nSPS) is 22.1. The van der Waals surface area contributed by atoms with E-state index in [2.05, 4.69) is 18.7 Å². The molecule has 0 radical (unpaired) electrons. The first-order chi connectivity index (χ1) is 21.9. The Labute approximate surface area is 269 Å². The van der Waals surface area contributed by atoms with Gasteiger partial charge in [-0.05, 0) is 54.4 Å². The van der Waals surface area contributed by atoms with Crippen LogP contribution in [0.25, 0.3) is 11.3 Å². The van der Waals surface area contributed by atoms with Gasteiger partial charge in [0, 0.05) is 43.9 Å². The van der Waals surface area contributed by atoms with Crippen molar-refractivity contribution >= 4 is 21.7 Å². The van der Waals surface area contributed by atoms with Crippen LogP contribution in [0.15, 0.2) is 65.6 Å². The van der Waals surface area contributed by atoms with E-state index < -0.39 is 73.7 Å². The zero-order valence-corrected chi connectivity index (χ0v) is 26.7. The van der Waals surface area contributed by atoms with Crippen LogP contribution in [0.5, 0.6) is 0 Å². The summed E-state index contributed by atoms with van der Waals surface area (Å²) in [6, 6.07) is 9.03. The average molecular weight is 685 g/mol. The molecule has 0 saturated carbocycles. The molecule has 47 heavy (non-hydrogen) atoms. The van der Waals surface area contributed by atoms with Crippen molar-refractivity contribution in [2.24, 2.45) is 11.7 Å². The fraction of sp³-hybridized carbons (Fsp3) is 0.438. The Morgan fingerprint density at radius 3 is 2.19 bits per heavy atom. The minimum Gasteiger partial charge on any atom is -0.364 e. The quantitative estimate of drug-likeness (QED) is 0.244. The summed E-state index contributed by atoms with van der Waals surface area (Å²) in [6.07, 6.45) is -5.70. The predicted molar refractivity (Wildman–Crippen MR) is 163 cm³/mol. The van der Waals surface area contributed by atoms with Crippen molar-refractivity contribution < 1.29 is 43.4 Å². The molecule has 3 heterocycles. The molecule has 5 rings (SSSR count). The molecule has 8 nitrogen and oxygen atoms in total. The van der Waals surface area contributed by atoms with Crippen molar-refractivity contribution in [2.45, 2.75) is 49.8 Å². The van der Waals surface area contributed by atoms with Gasteiger partial charge >= 0.3 is 22.1 Å². The molecule has 3 aromatic rings. The molecule has 0 aliphatic carbocycles. The third kappa shape index (κ3) is 7.26. The molecule has 1 unspecified atom stereocenters. The first kappa shape index (κ1) is 34.6. The Bertz CT molecular complexity index is 1710. The molecule has 2 aromatic carbocycles. The van der Waals surface area contributed by atoms with Crippen LogP contribution in [0.2, 0.25) is 0 Å². The number of quaternary nitrogens is 1. The van der Waals surface area contributed by atoms with E-state index in [1.165, 1.54) is 18.2 Å². The zero-order valence-electron chi connectivity index (χ0n) is 25.9. The minimum atomic E-state index is -4.81. The van der Waals surface area contributed by atoms with E-state index in [1.54, 1.807) is 6.07 Å². The van der Waals surface area contributed by atoms with E-state index in [0.29, 0.717) is 37.9 Å². The predicted octanol–water partition coefficient (Wildman–Crippen LogP) is 5.28. The lowest BCUT2D eigenvalue weighted by Gasteiger charge is -2.38. The largest absolute Gasteiger partial charge is 0.416 e. The second kappa shape index (κ2) is 12.7. The summed E-state index contributed by atoms with van der Waals surface area (Å²) in [5.41, 5.74) is 5.38. The third-order valence-corrected chi connectivity index (χ3v) is 11.0. The summed E-state index contributed by atoms with van der Waals surface area (Å²) in [7, 11) is -4.81. The number of likely N-dealkylation sites (tertiary alicyclic amines) is 1. The number of piperazine rings is 1. The molecule has 15 heteroatoms. The highest BCUT2D eigenvalue weighted by molar-refractivity contribution is 7.86. The summed E-state index contributed by atoms with van der Waals surface area (Å²) in [6.45, 7) is 5.62. The number of carbonyl (C=O) groups excluding carboxylic acids is 1. The van der Waals surface area contributed by atoms with Crippen molar-refractivity contribution in [3.8, 4) is 11.3 Å². The Hall–Kier alpha value is -3.69. The van der Waals surface area contributed by atoms with Crippen LogP contribution >= 0.6 is 0 Å². The summed E-state index contributed by atoms with van der Waals surface area (Å²) >= 11 is 0. The van der Waals surface area contributed by atoms with E-state index in [1.807, 2.05) is 4.90 Å². The Morgan fingerprint density at radius 1 is 1.02 bits per heavy atom. The van der Waals surface area contributed by atoms with E-state index >= 15 is 8.78 Å². The number of sulfonamides is 1. The van der Waals surface area contributed by atoms with Gasteiger partial charge in [0.25, 0.3) is 5.91 Å². The molecular weight excluding hydrogens is 648 g/mol. The lowest BCUT2D eigenvalue weighted by Crippen LogP contribution is -2.59. The van der Waals surface area contributed by atoms with Gasteiger partial charge in [0.1, 0.15) is 23.1 Å². The number of rotatable bonds is 9. The first-order valence-electron chi connectivity index (χ1n) is 15.1. The number of hydrogen-bond acceptors (Lipinski definition) is 6. The van der Waals surface area contributed by atoms with E-state index in [0.717, 1.165) is 42.9 Å². The molecule has 1 aromatic heterocycles. The fourth-order valence-corrected chi connectivity index (χ4v) is 8.55. The van der Waals surface area contributed by atoms with E-state index in [-0.39, 0.29) is 16.8 Å². The number of anilines is 1. The number of benzene rings is 2. The number of nitrogens with two attached hydrogens (primary N) is 1. The molecule has 254 valence electrons. The topological polar surface area (TPSA) is 96.6 Å². The van der Waals surface area contributed by atoms with Crippen LogP contribution in [0, 0.1) is 11.7 Å². The summed E-state index contributed by atoms with van der Waals surface area (Å²) in [5, 5.41) is 0. The number of alkyl halides is 5. The molecular formula is C32H36F6N5O3S+. The van der Waals surface area contributed by atoms with Crippen LogP contribution in [0.3, 0.4) is 0 Å². The van der Waals surface area contributed by atoms with Crippen LogP contribution in [0.4, 0.5) is 32.2 Å². The molecule has 2 atom stereocenters. The van der Waals surface area contributed by atoms with Crippen LogP contribution in [-0.4, -0.2) is 79.3 Å². The summed E-state index contributed by atoms with van der Waals surface area (Å²) in [5.74, 6) is -4.77. The second-order valence-corrected chi connectivity index (χ2v) is 14.8. The van der Waals surface area contributed by atoms with Gasteiger partial charge in [-0.3, -0.25) is 9.69 Å². The Morgan fingerprint density at radius 2 is 1.64 bits per heavy atom. The SMILES string of the molecule is CC(C)CN1CCN(c2cc(C[N+]3(S(=O)(=O)c4ccc(F)cc4)CC(F)(F)C[C@H]3C(N)=O)cc(-c3ccc(C(F)(F)F)cc3)n2)CC1. The second-order valence-electron chi connectivity index (χ2n) is 12.7. The van der Waals surface area contributed by atoms with Gasteiger partial charge in [-0.2, -0.15) is 25.5 Å². The Balaban J connectivity index is 1.63. The number of aromatic nitrogens is 1. The van der Waals surface area contributed by atoms with Crippen molar-refractivity contribution in [3.63, 3.8) is 0 Å². The number of halogens is 6. The number of carbonyl (C=O) groups is 1. The zero-order chi connectivity index (χ0) is 34.4. The van der Waals surface area contributed by atoms with Gasteiger partial charge in [-0.25, -0.2) is 18.2 Å². The Kier molecular flexibility index (Phi) is 9.38. The number of nitrogens with zero attached hydrogens (tertiary/aromatic N) is 4. The van der Waals surface area contributed by atoms with Gasteiger partial charge in [0.15, 0.2) is 12.6 Å². The highest BCUT2D eigenvalue weighted by Gasteiger charge is 2.65. The number of hydrogen-bond donors (Lipinski definition) is 1. The van der Waals surface area contributed by atoms with Gasteiger partial charge in [0.2, 0.25) is 0 Å². The molecule has 0 bridgehead atoms. The maximum absolute atomic E-state index is 15.2. The molecule has 2 N–H and O–H groups in total. The molecule has 0 spiro atoms. The monoisotopic (exact) mass is 684 g/mol. The molecule has 2 aliphatic heterocycles. The number of amides is 1. The van der Waals surface area contributed by atoms with Crippen LogP contribution in [0.1, 0.15) is 31.4 Å². The average Bonchev–Trinajstić information content (AvgIpc) is 3.28. The smallest absolute Gasteiger partial charge is 0.364 e. The van der Waals surface area contributed by atoms with Crippen LogP contribution < -0.4 is 10.6 Å². The van der Waals surface area contributed by atoms with Gasteiger partial charge in [0.05, 0.1) is 17.7 Å². The minimum absolute atomic E-state index is 0.190. The van der Waals surface area contributed by atoms with Crippen molar-refractivity contribution in [1.29, 1.82) is 0 Å². The number of primary amides is 1. The van der Waals surface area contributed by atoms with Gasteiger partial charge in [-0.1, -0.05) is 26.0 Å². The molecule has 2 aliphatic rings. The highest BCUT2D eigenvalue weighted by Crippen LogP contribution is 2.45. The third-order valence-electron chi connectivity index (χ3n) is 8.63. The van der Waals surface area contributed by atoms with Crippen LogP contribution in [-0.2, 0) is 27.5 Å². The van der Waals surface area contributed by atoms with Crippen molar-refractivity contribution in [1.82, 2.24) is 9.88 Å². The fourth-order valence-electron chi connectivity index (χ4n) is 6.46. The highest BCUT2D eigenvalue weighted by atomic mass is 32.2. The molecule has 1 amide bonds. The molecule has 2 saturated heterocycles. The standard InChI is InChI=1S/C32H35F6N5O3S/c1-21(2)18-41-11-13-42(14-12-41)29-16-22(15-27(40-29)23-3-5-24(6-4-23)32(36,37)38)19-43(20-31(34,35)17-28(43)30(39)44)47(45,46)26-9-7-25(33)8-10-26/h3-10,15-16,21,28H,11-14,17-20H2,1-2H3,(H-,39,44)/p+1/t28-,43?/m0/s1. The molecule has 2 fully saturated rings. The maximum Gasteiger partial charge on any atom is 0.416 e. The van der Waals surface area contributed by atoms with Crippen molar-refractivity contribution in [3.05, 3.63) is 77.6 Å². The van der Waals surface area contributed by atoms with Gasteiger partial charge < -0.3 is 10.6 Å². The lowest BCUT2D eigenvalue weighted by molar-refractivity contribution is -0.827. The summed E-state index contributed by atoms with van der Waals surface area (Å²) in [4.78, 5) is 21.1. The van der Waals surface area contributed by atoms with Crippen molar-refractivity contribution in [2.75, 3.05) is 44.2 Å². The van der Waals surface area contributed by atoms with E-state index in [9.17, 15) is 30.8 Å². The maximum atomic E-state index is 15.2. The summed E-state index contributed by atoms with van der Waals surface area (Å²) < 4.78 is 111. The van der Waals surface area contributed by atoms with E-state index in [4.69, 9.17) is 10.7 Å². The first-order valence-corrected chi connectivity index (χ1v) is 16.5.